The van der Waals surface area contributed by atoms with Gasteiger partial charge in [-0.2, -0.15) is 0 Å². The summed E-state index contributed by atoms with van der Waals surface area (Å²) < 4.78 is 11.8. The SMILES string of the molecule is Nc1cccc(Oc2ccc(Cc3ccccc3Cc3ccc(Oc4cccc(N)c4)cc3)cc2)c1. The van der Waals surface area contributed by atoms with Crippen LogP contribution in [0.2, 0.25) is 0 Å². The maximum atomic E-state index is 5.92. The number of rotatable bonds is 8. The summed E-state index contributed by atoms with van der Waals surface area (Å²) >= 11 is 0. The number of ether oxygens (including phenoxy) is 2. The van der Waals surface area contributed by atoms with Gasteiger partial charge >= 0.3 is 0 Å². The number of nitrogen functional groups attached to an aromatic ring is 2. The lowest BCUT2D eigenvalue weighted by molar-refractivity contribution is 0.482. The van der Waals surface area contributed by atoms with Gasteiger partial charge in [0.05, 0.1) is 0 Å². The van der Waals surface area contributed by atoms with Crippen LogP contribution in [0.15, 0.2) is 121 Å². The van der Waals surface area contributed by atoms with Gasteiger partial charge in [-0.05, 0) is 83.6 Å². The van der Waals surface area contributed by atoms with Crippen LogP contribution in [-0.4, -0.2) is 0 Å². The van der Waals surface area contributed by atoms with Gasteiger partial charge in [-0.15, -0.1) is 0 Å². The molecule has 5 rings (SSSR count). The van der Waals surface area contributed by atoms with Crippen LogP contribution in [0.3, 0.4) is 0 Å². The lowest BCUT2D eigenvalue weighted by Crippen LogP contribution is -1.97. The van der Waals surface area contributed by atoms with E-state index in [9.17, 15) is 0 Å². The Morgan fingerprint density at radius 1 is 0.417 bits per heavy atom. The van der Waals surface area contributed by atoms with Crippen LogP contribution in [0.1, 0.15) is 22.3 Å². The van der Waals surface area contributed by atoms with Crippen LogP contribution < -0.4 is 20.9 Å². The van der Waals surface area contributed by atoms with Crippen molar-refractivity contribution in [3.8, 4) is 23.0 Å². The molecule has 0 heterocycles. The number of nitrogens with two attached hydrogens (primary N) is 2. The van der Waals surface area contributed by atoms with Crippen molar-refractivity contribution in [2.45, 2.75) is 12.8 Å². The van der Waals surface area contributed by atoms with E-state index in [0.29, 0.717) is 11.4 Å². The van der Waals surface area contributed by atoms with E-state index in [1.165, 1.54) is 22.3 Å². The molecule has 4 N–H and O–H groups in total. The van der Waals surface area contributed by atoms with Gasteiger partial charge in [0.25, 0.3) is 0 Å². The second-order valence-corrected chi connectivity index (χ2v) is 8.76. The van der Waals surface area contributed by atoms with E-state index >= 15 is 0 Å². The van der Waals surface area contributed by atoms with Crippen LogP contribution in [-0.2, 0) is 12.8 Å². The summed E-state index contributed by atoms with van der Waals surface area (Å²) in [7, 11) is 0. The molecule has 0 aromatic heterocycles. The molecule has 0 atom stereocenters. The van der Waals surface area contributed by atoms with Crippen molar-refractivity contribution in [3.63, 3.8) is 0 Å². The van der Waals surface area contributed by atoms with Crippen molar-refractivity contribution in [1.29, 1.82) is 0 Å². The molecule has 0 bridgehead atoms. The molecule has 0 aliphatic rings. The average molecular weight is 473 g/mol. The Morgan fingerprint density at radius 3 is 1.22 bits per heavy atom. The predicted octanol–water partition coefficient (Wildman–Crippen LogP) is 7.62. The van der Waals surface area contributed by atoms with Crippen molar-refractivity contribution < 1.29 is 9.47 Å². The fourth-order valence-corrected chi connectivity index (χ4v) is 4.12. The fraction of sp³-hybridized carbons (Fsp3) is 0.0625. The van der Waals surface area contributed by atoms with Crippen molar-refractivity contribution >= 4 is 11.4 Å². The third-order valence-corrected chi connectivity index (χ3v) is 5.94. The normalized spacial score (nSPS) is 10.7. The van der Waals surface area contributed by atoms with Crippen molar-refractivity contribution in [2.75, 3.05) is 11.5 Å². The van der Waals surface area contributed by atoms with E-state index < -0.39 is 0 Å². The topological polar surface area (TPSA) is 70.5 Å². The van der Waals surface area contributed by atoms with E-state index in [4.69, 9.17) is 20.9 Å². The minimum absolute atomic E-state index is 0.685. The monoisotopic (exact) mass is 472 g/mol. The molecule has 5 aromatic rings. The maximum Gasteiger partial charge on any atom is 0.129 e. The second-order valence-electron chi connectivity index (χ2n) is 8.76. The van der Waals surface area contributed by atoms with Crippen LogP contribution in [0.4, 0.5) is 11.4 Å². The highest BCUT2D eigenvalue weighted by atomic mass is 16.5. The van der Waals surface area contributed by atoms with Crippen LogP contribution >= 0.6 is 0 Å². The fourth-order valence-electron chi connectivity index (χ4n) is 4.12. The van der Waals surface area contributed by atoms with E-state index in [0.717, 1.165) is 35.8 Å². The number of hydrogen-bond acceptors (Lipinski definition) is 4. The summed E-state index contributed by atoms with van der Waals surface area (Å²) in [5.41, 5.74) is 18.1. The quantitative estimate of drug-likeness (QED) is 0.228. The molecule has 0 fully saturated rings. The standard InChI is InChI=1S/C32H28N2O2/c33-27-7-3-9-31(21-27)35-29-15-11-23(12-16-29)19-25-5-1-2-6-26(25)20-24-13-17-30(18-14-24)36-32-10-4-8-28(34)22-32/h1-18,21-22H,19-20,33-34H2. The predicted molar refractivity (Wildman–Crippen MR) is 147 cm³/mol. The van der Waals surface area contributed by atoms with Gasteiger partial charge in [0.1, 0.15) is 23.0 Å². The van der Waals surface area contributed by atoms with E-state index in [-0.39, 0.29) is 0 Å². The highest BCUT2D eigenvalue weighted by molar-refractivity contribution is 5.47. The molecule has 0 aliphatic heterocycles. The summed E-state index contributed by atoms with van der Waals surface area (Å²) in [5.74, 6) is 3.05. The first-order valence-electron chi connectivity index (χ1n) is 11.9. The molecular formula is C32H28N2O2. The van der Waals surface area contributed by atoms with Gasteiger partial charge in [0.2, 0.25) is 0 Å². The van der Waals surface area contributed by atoms with Gasteiger partial charge in [0.15, 0.2) is 0 Å². The average Bonchev–Trinajstić information content (AvgIpc) is 2.88. The smallest absolute Gasteiger partial charge is 0.129 e. The Morgan fingerprint density at radius 2 is 0.833 bits per heavy atom. The molecule has 36 heavy (non-hydrogen) atoms. The molecule has 0 radical (unpaired) electrons. The Hall–Kier alpha value is -4.70. The summed E-state index contributed by atoms with van der Waals surface area (Å²) in [4.78, 5) is 0. The Kier molecular flexibility index (Phi) is 6.86. The lowest BCUT2D eigenvalue weighted by atomic mass is 9.95. The highest BCUT2D eigenvalue weighted by Gasteiger charge is 2.07. The Balaban J connectivity index is 1.24. The molecule has 0 aliphatic carbocycles. The largest absolute Gasteiger partial charge is 0.457 e. The minimum Gasteiger partial charge on any atom is -0.457 e. The molecule has 0 saturated heterocycles. The molecule has 0 unspecified atom stereocenters. The highest BCUT2D eigenvalue weighted by Crippen LogP contribution is 2.26. The van der Waals surface area contributed by atoms with Crippen molar-refractivity contribution in [2.24, 2.45) is 0 Å². The molecule has 5 aromatic carbocycles. The van der Waals surface area contributed by atoms with Crippen LogP contribution in [0, 0.1) is 0 Å². The first-order chi connectivity index (χ1) is 17.6. The summed E-state index contributed by atoms with van der Waals surface area (Å²) in [6.07, 6.45) is 1.71. The molecular weight excluding hydrogens is 444 g/mol. The van der Waals surface area contributed by atoms with Gasteiger partial charge in [-0.25, -0.2) is 0 Å². The second kappa shape index (κ2) is 10.7. The van der Waals surface area contributed by atoms with Gasteiger partial charge < -0.3 is 20.9 Å². The first-order valence-corrected chi connectivity index (χ1v) is 11.9. The van der Waals surface area contributed by atoms with Crippen LogP contribution in [0.5, 0.6) is 23.0 Å². The third kappa shape index (κ3) is 6.05. The number of hydrogen-bond donors (Lipinski definition) is 2. The van der Waals surface area contributed by atoms with Crippen LogP contribution in [0.25, 0.3) is 0 Å². The molecule has 4 heteroatoms. The third-order valence-electron chi connectivity index (χ3n) is 5.94. The van der Waals surface area contributed by atoms with Crippen molar-refractivity contribution in [1.82, 2.24) is 0 Å². The molecule has 4 nitrogen and oxygen atoms in total. The molecule has 0 amide bonds. The zero-order valence-corrected chi connectivity index (χ0v) is 19.9. The summed E-state index contributed by atoms with van der Waals surface area (Å²) in [6.45, 7) is 0. The first kappa shape index (κ1) is 23.1. The summed E-state index contributed by atoms with van der Waals surface area (Å²) in [5, 5.41) is 0. The lowest BCUT2D eigenvalue weighted by Gasteiger charge is -2.12. The van der Waals surface area contributed by atoms with Gasteiger partial charge in [0, 0.05) is 23.5 Å². The molecule has 0 spiro atoms. The van der Waals surface area contributed by atoms with E-state index in [2.05, 4.69) is 48.5 Å². The molecule has 0 saturated carbocycles. The Labute approximate surface area is 211 Å². The number of anilines is 2. The molecule has 178 valence electrons. The minimum atomic E-state index is 0.685. The summed E-state index contributed by atoms with van der Waals surface area (Å²) in [6, 6.07) is 39.9. The van der Waals surface area contributed by atoms with Gasteiger partial charge in [-0.1, -0.05) is 60.7 Å². The zero-order valence-electron chi connectivity index (χ0n) is 19.9. The van der Waals surface area contributed by atoms with E-state index in [1.54, 1.807) is 0 Å². The van der Waals surface area contributed by atoms with Crippen molar-refractivity contribution in [3.05, 3.63) is 144 Å². The Bertz CT molecular complexity index is 1330. The maximum absolute atomic E-state index is 5.92. The number of benzene rings is 5. The van der Waals surface area contributed by atoms with Gasteiger partial charge in [-0.3, -0.25) is 0 Å². The zero-order chi connectivity index (χ0) is 24.7. The van der Waals surface area contributed by atoms with E-state index in [1.807, 2.05) is 72.8 Å².